The van der Waals surface area contributed by atoms with Crippen molar-refractivity contribution >= 4 is 5.91 Å². The predicted molar refractivity (Wildman–Crippen MR) is 50.3 cm³/mol. The molecule has 4 nitrogen and oxygen atoms in total. The van der Waals surface area contributed by atoms with Crippen molar-refractivity contribution in [3.05, 3.63) is 0 Å². The number of hydrogen-bond donors (Lipinski definition) is 1. The highest BCUT2D eigenvalue weighted by Crippen LogP contribution is 2.10. The zero-order valence-corrected chi connectivity index (χ0v) is 8.32. The van der Waals surface area contributed by atoms with E-state index in [2.05, 4.69) is 0 Å². The van der Waals surface area contributed by atoms with Crippen molar-refractivity contribution in [1.29, 1.82) is 0 Å². The predicted octanol–water partition coefficient (Wildman–Crippen LogP) is -0.0290. The van der Waals surface area contributed by atoms with Crippen molar-refractivity contribution in [2.45, 2.75) is 31.9 Å². The zero-order valence-electron chi connectivity index (χ0n) is 8.32. The summed E-state index contributed by atoms with van der Waals surface area (Å²) in [6, 6.07) is -0.511. The van der Waals surface area contributed by atoms with Gasteiger partial charge in [0.15, 0.2) is 0 Å². The molecular weight excluding hydrogens is 168 g/mol. The number of methoxy groups -OCH3 is 1. The molecule has 0 aliphatic carbocycles. The zero-order chi connectivity index (χ0) is 9.84. The number of likely N-dealkylation sites (tertiary alicyclic amines) is 1. The van der Waals surface area contributed by atoms with Crippen molar-refractivity contribution < 1.29 is 9.53 Å². The number of hydrogen-bond acceptors (Lipinski definition) is 3. The molecule has 1 fully saturated rings. The van der Waals surface area contributed by atoms with E-state index in [1.807, 2.05) is 11.8 Å². The summed E-state index contributed by atoms with van der Waals surface area (Å²) in [6.45, 7) is 3.52. The van der Waals surface area contributed by atoms with Crippen molar-refractivity contribution in [1.82, 2.24) is 4.90 Å². The van der Waals surface area contributed by atoms with Gasteiger partial charge in [-0.3, -0.25) is 4.79 Å². The van der Waals surface area contributed by atoms with Crippen LogP contribution in [0.25, 0.3) is 0 Å². The quantitative estimate of drug-likeness (QED) is 0.673. The second-order valence-electron chi connectivity index (χ2n) is 3.50. The van der Waals surface area contributed by atoms with E-state index in [9.17, 15) is 4.79 Å². The van der Waals surface area contributed by atoms with Crippen molar-refractivity contribution in [3.8, 4) is 0 Å². The first-order valence-electron chi connectivity index (χ1n) is 4.74. The minimum Gasteiger partial charge on any atom is -0.380 e. The Morgan fingerprint density at radius 2 is 2.00 bits per heavy atom. The van der Waals surface area contributed by atoms with Gasteiger partial charge in [-0.15, -0.1) is 0 Å². The molecule has 2 unspecified atom stereocenters. The first-order valence-corrected chi connectivity index (χ1v) is 4.74. The third-order valence-electron chi connectivity index (χ3n) is 2.58. The van der Waals surface area contributed by atoms with Crippen molar-refractivity contribution in [3.63, 3.8) is 0 Å². The molecule has 4 heteroatoms. The topological polar surface area (TPSA) is 55.6 Å². The van der Waals surface area contributed by atoms with E-state index in [0.29, 0.717) is 0 Å². The second kappa shape index (κ2) is 4.58. The van der Waals surface area contributed by atoms with Crippen LogP contribution in [0, 0.1) is 0 Å². The lowest BCUT2D eigenvalue weighted by molar-refractivity contribution is -0.134. The summed E-state index contributed by atoms with van der Waals surface area (Å²) >= 11 is 0. The lowest BCUT2D eigenvalue weighted by Crippen LogP contribution is -2.48. The van der Waals surface area contributed by atoms with Gasteiger partial charge in [-0.25, -0.2) is 0 Å². The summed E-state index contributed by atoms with van der Waals surface area (Å²) in [7, 11) is 1.57. The summed E-state index contributed by atoms with van der Waals surface area (Å²) in [5, 5.41) is 0. The largest absolute Gasteiger partial charge is 0.380 e. The van der Waals surface area contributed by atoms with Gasteiger partial charge in [0.2, 0.25) is 5.91 Å². The third-order valence-corrected chi connectivity index (χ3v) is 2.58. The monoisotopic (exact) mass is 186 g/mol. The van der Waals surface area contributed by atoms with Crippen LogP contribution in [0.1, 0.15) is 19.8 Å². The van der Waals surface area contributed by atoms with Gasteiger partial charge in [-0.05, 0) is 19.8 Å². The number of nitrogens with two attached hydrogens (primary N) is 1. The summed E-state index contributed by atoms with van der Waals surface area (Å²) < 4.78 is 5.02. The Bertz CT molecular complexity index is 178. The van der Waals surface area contributed by atoms with Crippen molar-refractivity contribution in [2.24, 2.45) is 5.73 Å². The van der Waals surface area contributed by atoms with E-state index in [1.165, 1.54) is 0 Å². The van der Waals surface area contributed by atoms with Crippen LogP contribution in [0.2, 0.25) is 0 Å². The first-order chi connectivity index (χ1) is 6.16. The van der Waals surface area contributed by atoms with E-state index in [4.69, 9.17) is 10.5 Å². The van der Waals surface area contributed by atoms with Crippen LogP contribution in [0.4, 0.5) is 0 Å². The van der Waals surface area contributed by atoms with E-state index < -0.39 is 6.04 Å². The maximum Gasteiger partial charge on any atom is 0.242 e. The molecule has 1 aliphatic rings. The van der Waals surface area contributed by atoms with E-state index in [1.54, 1.807) is 7.11 Å². The van der Waals surface area contributed by atoms with Gasteiger partial charge in [-0.2, -0.15) is 0 Å². The molecule has 2 N–H and O–H groups in total. The Morgan fingerprint density at radius 1 is 1.46 bits per heavy atom. The van der Waals surface area contributed by atoms with Crippen molar-refractivity contribution in [2.75, 3.05) is 20.2 Å². The SMILES string of the molecule is COC(C)C(N)C(=O)N1CCCC1. The van der Waals surface area contributed by atoms with Gasteiger partial charge < -0.3 is 15.4 Å². The molecule has 0 spiro atoms. The summed E-state index contributed by atoms with van der Waals surface area (Å²) in [4.78, 5) is 13.5. The normalized spacial score (nSPS) is 21.6. The molecule has 1 saturated heterocycles. The Morgan fingerprint density at radius 3 is 2.46 bits per heavy atom. The first kappa shape index (κ1) is 10.5. The smallest absolute Gasteiger partial charge is 0.242 e. The van der Waals surface area contributed by atoms with Gasteiger partial charge in [0, 0.05) is 20.2 Å². The fraction of sp³-hybridized carbons (Fsp3) is 0.889. The summed E-state index contributed by atoms with van der Waals surface area (Å²) in [5.41, 5.74) is 5.73. The van der Waals surface area contributed by atoms with Gasteiger partial charge in [-0.1, -0.05) is 0 Å². The highest BCUT2D eigenvalue weighted by molar-refractivity contribution is 5.82. The second-order valence-corrected chi connectivity index (χ2v) is 3.50. The molecule has 13 heavy (non-hydrogen) atoms. The minimum atomic E-state index is -0.511. The standard InChI is InChI=1S/C9H18N2O2/c1-7(13-2)8(10)9(12)11-5-3-4-6-11/h7-8H,3-6,10H2,1-2H3. The lowest BCUT2D eigenvalue weighted by Gasteiger charge is -2.23. The molecular formula is C9H18N2O2. The average Bonchev–Trinajstić information content (AvgIpc) is 2.67. The van der Waals surface area contributed by atoms with Crippen LogP contribution >= 0.6 is 0 Å². The molecule has 0 aromatic rings. The maximum atomic E-state index is 11.7. The average molecular weight is 186 g/mol. The van der Waals surface area contributed by atoms with Crippen LogP contribution in [0.5, 0.6) is 0 Å². The lowest BCUT2D eigenvalue weighted by atomic mass is 10.1. The fourth-order valence-corrected chi connectivity index (χ4v) is 1.50. The van der Waals surface area contributed by atoms with E-state index in [0.717, 1.165) is 25.9 Å². The van der Waals surface area contributed by atoms with Crippen LogP contribution < -0.4 is 5.73 Å². The molecule has 1 amide bonds. The minimum absolute atomic E-state index is 0.0202. The number of amides is 1. The number of carbonyl (C=O) groups is 1. The van der Waals surface area contributed by atoms with Gasteiger partial charge in [0.25, 0.3) is 0 Å². The van der Waals surface area contributed by atoms with Crippen LogP contribution in [-0.2, 0) is 9.53 Å². The molecule has 76 valence electrons. The maximum absolute atomic E-state index is 11.7. The van der Waals surface area contributed by atoms with Gasteiger partial charge in [0.05, 0.1) is 6.10 Å². The number of nitrogens with zero attached hydrogens (tertiary/aromatic N) is 1. The van der Waals surface area contributed by atoms with Crippen LogP contribution in [0.15, 0.2) is 0 Å². The van der Waals surface area contributed by atoms with Crippen LogP contribution in [0.3, 0.4) is 0 Å². The number of carbonyl (C=O) groups excluding carboxylic acids is 1. The Hall–Kier alpha value is -0.610. The van der Waals surface area contributed by atoms with Crippen LogP contribution in [-0.4, -0.2) is 43.2 Å². The molecule has 0 aromatic carbocycles. The Balaban J connectivity index is 2.45. The molecule has 0 radical (unpaired) electrons. The van der Waals surface area contributed by atoms with E-state index >= 15 is 0 Å². The van der Waals surface area contributed by atoms with Gasteiger partial charge >= 0.3 is 0 Å². The third kappa shape index (κ3) is 2.42. The molecule has 0 bridgehead atoms. The molecule has 1 heterocycles. The number of rotatable bonds is 3. The number of ether oxygens (including phenoxy) is 1. The fourth-order valence-electron chi connectivity index (χ4n) is 1.50. The molecule has 2 atom stereocenters. The Labute approximate surface area is 79.0 Å². The Kier molecular flexibility index (Phi) is 3.69. The highest BCUT2D eigenvalue weighted by atomic mass is 16.5. The molecule has 0 saturated carbocycles. The summed E-state index contributed by atoms with van der Waals surface area (Å²) in [6.07, 6.45) is 1.99. The van der Waals surface area contributed by atoms with E-state index in [-0.39, 0.29) is 12.0 Å². The molecule has 1 rings (SSSR count). The summed E-state index contributed by atoms with van der Waals surface area (Å²) in [5.74, 6) is 0.0202. The van der Waals surface area contributed by atoms with Gasteiger partial charge in [0.1, 0.15) is 6.04 Å². The highest BCUT2D eigenvalue weighted by Gasteiger charge is 2.27. The molecule has 1 aliphatic heterocycles. The molecule has 0 aromatic heterocycles.